The normalized spacial score (nSPS) is 13.1. The van der Waals surface area contributed by atoms with Gasteiger partial charge >= 0.3 is 12.1 Å². The number of nitrogens with one attached hydrogen (secondary N) is 2. The first-order chi connectivity index (χ1) is 26.0. The lowest BCUT2D eigenvalue weighted by molar-refractivity contribution is -0.159. The number of hydrogen-bond donors (Lipinski definition) is 3. The zero-order valence-electron chi connectivity index (χ0n) is 33.7. The summed E-state index contributed by atoms with van der Waals surface area (Å²) in [6.45, 7) is 16.8. The molecule has 3 aromatic carbocycles. The number of esters is 1. The Morgan fingerprint density at radius 3 is 1.96 bits per heavy atom. The number of carbonyl (C=O) groups excluding carboxylic acids is 4. The molecule has 55 heavy (non-hydrogen) atoms. The van der Waals surface area contributed by atoms with Gasteiger partial charge in [0.1, 0.15) is 35.1 Å². The van der Waals surface area contributed by atoms with Crippen molar-refractivity contribution in [3.05, 3.63) is 108 Å². The first-order valence-electron chi connectivity index (χ1n) is 19.4. The minimum Gasteiger partial charge on any atom is -0.508 e. The van der Waals surface area contributed by atoms with Crippen LogP contribution in [0.4, 0.5) is 4.79 Å². The summed E-state index contributed by atoms with van der Waals surface area (Å²) in [5.74, 6) is -1.62. The number of amides is 3. The van der Waals surface area contributed by atoms with Crippen LogP contribution in [0.5, 0.6) is 5.75 Å². The van der Waals surface area contributed by atoms with Gasteiger partial charge in [-0.1, -0.05) is 112 Å². The maximum absolute atomic E-state index is 15.1. The van der Waals surface area contributed by atoms with Gasteiger partial charge in [-0.3, -0.25) is 9.59 Å². The molecule has 3 amide bonds. The van der Waals surface area contributed by atoms with Gasteiger partial charge in [0.2, 0.25) is 11.8 Å². The summed E-state index contributed by atoms with van der Waals surface area (Å²) in [5.41, 5.74) is 1.09. The first kappa shape index (κ1) is 44.3. The molecule has 298 valence electrons. The fraction of sp³-hybridized carbons (Fsp3) is 0.467. The molecule has 10 heteroatoms. The van der Waals surface area contributed by atoms with E-state index in [0.29, 0.717) is 17.5 Å². The summed E-state index contributed by atoms with van der Waals surface area (Å²) in [6.07, 6.45) is 6.71. The standard InChI is InChI=1S/C45H61N3O7/c1-9-11-12-13-14-18-28-48(41(51)37(47-43(53)55-45(6,7)8)30-34-24-26-36(49)27-25-34)39(35-23-19-22-32(10-2)29-35)40(50)46-38(42(52)54-44(3,4)5)31-33-20-16-15-17-21-33/h10,15-17,19-27,29,37-39,49H,2,9,11-14,18,28,30-31H2,1,3-8H3,(H,46,50)(H,47,53). The largest absolute Gasteiger partial charge is 0.508 e. The highest BCUT2D eigenvalue weighted by atomic mass is 16.6. The van der Waals surface area contributed by atoms with Crippen molar-refractivity contribution in [2.75, 3.05) is 6.54 Å². The van der Waals surface area contributed by atoms with Crippen LogP contribution in [0, 0.1) is 0 Å². The lowest BCUT2D eigenvalue weighted by Crippen LogP contribution is -2.55. The summed E-state index contributed by atoms with van der Waals surface area (Å²) in [7, 11) is 0. The fourth-order valence-electron chi connectivity index (χ4n) is 6.14. The van der Waals surface area contributed by atoms with Crippen molar-refractivity contribution < 1.29 is 33.8 Å². The van der Waals surface area contributed by atoms with Crippen LogP contribution < -0.4 is 10.6 Å². The van der Waals surface area contributed by atoms with Crippen molar-refractivity contribution in [2.45, 2.75) is 129 Å². The Morgan fingerprint density at radius 1 is 0.745 bits per heavy atom. The number of benzene rings is 3. The third-order valence-corrected chi connectivity index (χ3v) is 8.71. The zero-order valence-corrected chi connectivity index (χ0v) is 33.7. The second-order valence-corrected chi connectivity index (χ2v) is 15.9. The number of rotatable bonds is 19. The highest BCUT2D eigenvalue weighted by molar-refractivity contribution is 5.94. The molecule has 3 unspecified atom stereocenters. The van der Waals surface area contributed by atoms with Crippen molar-refractivity contribution in [3.8, 4) is 5.75 Å². The van der Waals surface area contributed by atoms with Gasteiger partial charge in [0.25, 0.3) is 0 Å². The van der Waals surface area contributed by atoms with Crippen LogP contribution in [-0.2, 0) is 36.7 Å². The Kier molecular flexibility index (Phi) is 17.0. The number of alkyl carbamates (subject to hydrolysis) is 1. The molecule has 3 atom stereocenters. The second-order valence-electron chi connectivity index (χ2n) is 15.9. The Hall–Kier alpha value is -5.12. The van der Waals surface area contributed by atoms with Gasteiger partial charge in [0.15, 0.2) is 0 Å². The van der Waals surface area contributed by atoms with Gasteiger partial charge in [-0.25, -0.2) is 9.59 Å². The zero-order chi connectivity index (χ0) is 40.6. The molecule has 3 N–H and O–H groups in total. The number of hydrogen-bond acceptors (Lipinski definition) is 7. The first-order valence-corrected chi connectivity index (χ1v) is 19.4. The Labute approximate surface area is 327 Å². The SMILES string of the molecule is C=Cc1cccc(C(C(=O)NC(Cc2ccccc2)C(=O)OC(C)(C)C)N(CCCCCCCC)C(=O)C(Cc2ccc(O)cc2)NC(=O)OC(C)(C)C)c1. The molecule has 0 aliphatic heterocycles. The summed E-state index contributed by atoms with van der Waals surface area (Å²) in [6, 6.07) is 19.5. The van der Waals surface area contributed by atoms with Gasteiger partial charge in [-0.05, 0) is 88.4 Å². The van der Waals surface area contributed by atoms with Gasteiger partial charge in [0, 0.05) is 19.4 Å². The third-order valence-electron chi connectivity index (χ3n) is 8.71. The predicted octanol–water partition coefficient (Wildman–Crippen LogP) is 8.47. The van der Waals surface area contributed by atoms with Crippen molar-refractivity contribution in [2.24, 2.45) is 0 Å². The number of phenolic OH excluding ortho intramolecular Hbond substituents is 1. The molecule has 3 rings (SSSR count). The van der Waals surface area contributed by atoms with Crippen LogP contribution in [0.15, 0.2) is 85.4 Å². The van der Waals surface area contributed by atoms with Crippen LogP contribution in [0.3, 0.4) is 0 Å². The van der Waals surface area contributed by atoms with Crippen LogP contribution >= 0.6 is 0 Å². The highest BCUT2D eigenvalue weighted by Crippen LogP contribution is 2.27. The molecule has 0 spiro atoms. The van der Waals surface area contributed by atoms with E-state index >= 15 is 4.79 Å². The second kappa shape index (κ2) is 21.1. The Morgan fingerprint density at radius 2 is 1.35 bits per heavy atom. The summed E-state index contributed by atoms with van der Waals surface area (Å²) < 4.78 is 11.4. The van der Waals surface area contributed by atoms with E-state index in [0.717, 1.165) is 43.2 Å². The van der Waals surface area contributed by atoms with E-state index in [2.05, 4.69) is 24.1 Å². The van der Waals surface area contributed by atoms with Crippen molar-refractivity contribution in [3.63, 3.8) is 0 Å². The van der Waals surface area contributed by atoms with Gasteiger partial charge in [-0.2, -0.15) is 0 Å². The monoisotopic (exact) mass is 755 g/mol. The molecule has 10 nitrogen and oxygen atoms in total. The van der Waals surface area contributed by atoms with Crippen LogP contribution in [-0.4, -0.2) is 63.7 Å². The lowest BCUT2D eigenvalue weighted by Gasteiger charge is -2.35. The van der Waals surface area contributed by atoms with Crippen molar-refractivity contribution in [1.29, 1.82) is 0 Å². The van der Waals surface area contributed by atoms with E-state index in [4.69, 9.17) is 9.47 Å². The Bertz CT molecular complexity index is 1690. The minimum absolute atomic E-state index is 0.0565. The Balaban J connectivity index is 2.15. The number of phenols is 1. The molecule has 3 aromatic rings. The quantitative estimate of drug-likeness (QED) is 0.0826. The molecule has 0 saturated carbocycles. The molecule has 0 bridgehead atoms. The number of aromatic hydroxyl groups is 1. The van der Waals surface area contributed by atoms with Gasteiger partial charge in [0.05, 0.1) is 0 Å². The number of unbranched alkanes of at least 4 members (excludes halogenated alkanes) is 5. The molecule has 0 heterocycles. The maximum Gasteiger partial charge on any atom is 0.408 e. The molecule has 0 aliphatic carbocycles. The van der Waals surface area contributed by atoms with Crippen LogP contribution in [0.25, 0.3) is 6.08 Å². The minimum atomic E-state index is -1.20. The lowest BCUT2D eigenvalue weighted by atomic mass is 9.97. The average Bonchev–Trinajstić information content (AvgIpc) is 3.11. The molecule has 0 fully saturated rings. The number of carbonyl (C=O) groups is 4. The van der Waals surface area contributed by atoms with Crippen molar-refractivity contribution in [1.82, 2.24) is 15.5 Å². The molecular formula is C45H61N3O7. The molecule has 0 aliphatic rings. The molecule has 0 aromatic heterocycles. The number of ether oxygens (including phenoxy) is 2. The summed E-state index contributed by atoms with van der Waals surface area (Å²) in [4.78, 5) is 58.5. The molecular weight excluding hydrogens is 695 g/mol. The number of nitrogens with zero attached hydrogens (tertiary/aromatic N) is 1. The van der Waals surface area contributed by atoms with E-state index in [-0.39, 0.29) is 25.1 Å². The highest BCUT2D eigenvalue weighted by Gasteiger charge is 2.38. The third kappa shape index (κ3) is 15.6. The van der Waals surface area contributed by atoms with E-state index in [1.807, 2.05) is 36.4 Å². The average molecular weight is 756 g/mol. The maximum atomic E-state index is 15.1. The molecule has 0 radical (unpaired) electrons. The smallest absolute Gasteiger partial charge is 0.408 e. The van der Waals surface area contributed by atoms with Gasteiger partial charge in [-0.15, -0.1) is 0 Å². The topological polar surface area (TPSA) is 134 Å². The summed E-state index contributed by atoms with van der Waals surface area (Å²) >= 11 is 0. The van der Waals surface area contributed by atoms with Crippen LogP contribution in [0.2, 0.25) is 0 Å². The van der Waals surface area contributed by atoms with E-state index in [9.17, 15) is 19.5 Å². The summed E-state index contributed by atoms with van der Waals surface area (Å²) in [5, 5.41) is 15.7. The fourth-order valence-corrected chi connectivity index (χ4v) is 6.14. The van der Waals surface area contributed by atoms with E-state index in [1.165, 1.54) is 17.0 Å². The van der Waals surface area contributed by atoms with Crippen molar-refractivity contribution >= 4 is 30.0 Å². The van der Waals surface area contributed by atoms with Gasteiger partial charge < -0.3 is 30.1 Å². The predicted molar refractivity (Wildman–Crippen MR) is 217 cm³/mol. The van der Waals surface area contributed by atoms with Crippen LogP contribution in [0.1, 0.15) is 115 Å². The van der Waals surface area contributed by atoms with E-state index < -0.39 is 53.2 Å². The molecule has 0 saturated heterocycles. The van der Waals surface area contributed by atoms with E-state index in [1.54, 1.807) is 78.0 Å².